The van der Waals surface area contributed by atoms with Gasteiger partial charge in [-0.3, -0.25) is 4.79 Å². The van der Waals surface area contributed by atoms with Gasteiger partial charge >= 0.3 is 6.09 Å². The molecule has 0 radical (unpaired) electrons. The lowest BCUT2D eigenvalue weighted by Gasteiger charge is -2.33. The molecule has 3 aromatic rings. The van der Waals surface area contributed by atoms with Gasteiger partial charge in [-0.15, -0.1) is 0 Å². The van der Waals surface area contributed by atoms with Gasteiger partial charge in [0.05, 0.1) is 12.2 Å². The van der Waals surface area contributed by atoms with Gasteiger partial charge < -0.3 is 4.74 Å². The summed E-state index contributed by atoms with van der Waals surface area (Å²) in [5.74, 6) is 0.360. The highest BCUT2D eigenvalue weighted by Crippen LogP contribution is 2.39. The molecule has 2 fully saturated rings. The molecule has 1 aromatic carbocycles. The second kappa shape index (κ2) is 8.73. The van der Waals surface area contributed by atoms with Crippen LogP contribution in [-0.4, -0.2) is 44.1 Å². The maximum atomic E-state index is 13.3. The first kappa shape index (κ1) is 20.7. The van der Waals surface area contributed by atoms with Gasteiger partial charge in [-0.1, -0.05) is 37.3 Å². The molecule has 1 saturated heterocycles. The Morgan fingerprint density at radius 1 is 1.09 bits per heavy atom. The minimum absolute atomic E-state index is 0.102. The van der Waals surface area contributed by atoms with Crippen LogP contribution in [0.3, 0.4) is 0 Å². The molecule has 1 aliphatic carbocycles. The third kappa shape index (κ3) is 3.87. The van der Waals surface area contributed by atoms with Crippen molar-refractivity contribution in [1.82, 2.24) is 19.5 Å². The standard InChI is InChI=1S/C25H28N4O3/c1-17(24(30)28-21(16-32-25(28)31)15-18-5-3-2-4-6-18)19-7-9-20(10-8-19)22-11-13-26-23-12-14-27-29(22)23/h2-6,11-14,17,19-21H,7-10,15-16H2,1H3. The predicted octanol–water partition coefficient (Wildman–Crippen LogP) is 4.23. The topological polar surface area (TPSA) is 76.8 Å². The van der Waals surface area contributed by atoms with E-state index in [1.807, 2.05) is 60.1 Å². The summed E-state index contributed by atoms with van der Waals surface area (Å²) in [5.41, 5.74) is 3.15. The van der Waals surface area contributed by atoms with Crippen molar-refractivity contribution in [3.63, 3.8) is 0 Å². The summed E-state index contributed by atoms with van der Waals surface area (Å²) in [4.78, 5) is 31.5. The molecule has 1 saturated carbocycles. The Balaban J connectivity index is 1.24. The van der Waals surface area contributed by atoms with Crippen LogP contribution in [-0.2, 0) is 16.0 Å². The Kier molecular flexibility index (Phi) is 5.64. The van der Waals surface area contributed by atoms with Crippen LogP contribution in [0.1, 0.15) is 49.8 Å². The molecular weight excluding hydrogens is 404 g/mol. The number of cyclic esters (lactones) is 1. The number of hydrogen-bond acceptors (Lipinski definition) is 5. The van der Waals surface area contributed by atoms with E-state index in [9.17, 15) is 9.59 Å². The van der Waals surface area contributed by atoms with E-state index in [-0.39, 0.29) is 30.4 Å². The molecule has 2 unspecified atom stereocenters. The second-order valence-electron chi connectivity index (χ2n) is 9.00. The van der Waals surface area contributed by atoms with Gasteiger partial charge in [0.2, 0.25) is 5.91 Å². The molecule has 7 nitrogen and oxygen atoms in total. The summed E-state index contributed by atoms with van der Waals surface area (Å²) in [6, 6.07) is 13.7. The largest absolute Gasteiger partial charge is 0.447 e. The molecule has 166 valence electrons. The van der Waals surface area contributed by atoms with Crippen LogP contribution in [0.5, 0.6) is 0 Å². The molecule has 7 heteroatoms. The first-order valence-electron chi connectivity index (χ1n) is 11.4. The SMILES string of the molecule is CC(C(=O)N1C(=O)OCC1Cc1ccccc1)C1CCC(c2ccnc3ccnn23)CC1. The normalized spacial score (nSPS) is 24.5. The highest BCUT2D eigenvalue weighted by Gasteiger charge is 2.42. The first-order chi connectivity index (χ1) is 15.6. The molecular formula is C25H28N4O3. The van der Waals surface area contributed by atoms with Gasteiger partial charge in [-0.25, -0.2) is 19.2 Å². The Hall–Kier alpha value is -3.22. The fourth-order valence-corrected chi connectivity index (χ4v) is 5.27. The summed E-state index contributed by atoms with van der Waals surface area (Å²) in [7, 11) is 0. The van der Waals surface area contributed by atoms with Gasteiger partial charge in [0.1, 0.15) is 6.61 Å². The van der Waals surface area contributed by atoms with Crippen LogP contribution in [0.4, 0.5) is 4.79 Å². The number of carbonyl (C=O) groups is 2. The Morgan fingerprint density at radius 3 is 2.66 bits per heavy atom. The molecule has 5 rings (SSSR count). The van der Waals surface area contributed by atoms with E-state index in [2.05, 4.69) is 10.1 Å². The van der Waals surface area contributed by atoms with Crippen molar-refractivity contribution in [3.8, 4) is 0 Å². The lowest BCUT2D eigenvalue weighted by Crippen LogP contribution is -2.45. The molecule has 2 amide bonds. The maximum absolute atomic E-state index is 13.3. The molecule has 2 aromatic heterocycles. The van der Waals surface area contributed by atoms with E-state index < -0.39 is 6.09 Å². The Bertz CT molecular complexity index is 1100. The van der Waals surface area contributed by atoms with Crippen LogP contribution in [0.15, 0.2) is 54.9 Å². The average molecular weight is 433 g/mol. The molecule has 1 aliphatic heterocycles. The lowest BCUT2D eigenvalue weighted by molar-refractivity contribution is -0.135. The fourth-order valence-electron chi connectivity index (χ4n) is 5.27. The summed E-state index contributed by atoms with van der Waals surface area (Å²) in [6.07, 6.45) is 7.64. The third-order valence-corrected chi connectivity index (χ3v) is 7.12. The molecule has 0 bridgehead atoms. The first-order valence-corrected chi connectivity index (χ1v) is 11.4. The number of fused-ring (bicyclic) bond motifs is 1. The van der Waals surface area contributed by atoms with Crippen LogP contribution in [0.25, 0.3) is 5.65 Å². The third-order valence-electron chi connectivity index (χ3n) is 7.12. The molecule has 32 heavy (non-hydrogen) atoms. The highest BCUT2D eigenvalue weighted by molar-refractivity contribution is 5.94. The second-order valence-corrected chi connectivity index (χ2v) is 9.00. The molecule has 0 spiro atoms. The van der Waals surface area contributed by atoms with Crippen molar-refractivity contribution >= 4 is 17.6 Å². The zero-order chi connectivity index (χ0) is 22.1. The number of carbonyl (C=O) groups excluding carboxylic acids is 2. The van der Waals surface area contributed by atoms with Crippen molar-refractivity contribution in [1.29, 1.82) is 0 Å². The zero-order valence-electron chi connectivity index (χ0n) is 18.3. The van der Waals surface area contributed by atoms with Crippen molar-refractivity contribution in [2.24, 2.45) is 11.8 Å². The number of hydrogen-bond donors (Lipinski definition) is 0. The average Bonchev–Trinajstić information content (AvgIpc) is 3.45. The summed E-state index contributed by atoms with van der Waals surface area (Å²) in [5, 5.41) is 4.42. The monoisotopic (exact) mass is 432 g/mol. The van der Waals surface area contributed by atoms with Crippen molar-refractivity contribution in [2.45, 2.75) is 51.0 Å². The van der Waals surface area contributed by atoms with Crippen LogP contribution in [0.2, 0.25) is 0 Å². The van der Waals surface area contributed by atoms with Crippen LogP contribution in [0, 0.1) is 11.8 Å². The Labute approximate surface area is 187 Å². The summed E-state index contributed by atoms with van der Waals surface area (Å²) < 4.78 is 7.19. The number of nitrogens with zero attached hydrogens (tertiary/aromatic N) is 4. The molecule has 0 N–H and O–H groups in total. The van der Waals surface area contributed by atoms with Gasteiger partial charge in [-0.05, 0) is 49.7 Å². The van der Waals surface area contributed by atoms with Gasteiger partial charge in [0.15, 0.2) is 5.65 Å². The summed E-state index contributed by atoms with van der Waals surface area (Å²) in [6.45, 7) is 2.23. The predicted molar refractivity (Wildman–Crippen MR) is 119 cm³/mol. The molecule has 2 atom stereocenters. The van der Waals surface area contributed by atoms with Gasteiger partial charge in [0.25, 0.3) is 0 Å². The number of ether oxygens (including phenoxy) is 1. The van der Waals surface area contributed by atoms with Crippen LogP contribution >= 0.6 is 0 Å². The number of aromatic nitrogens is 3. The Morgan fingerprint density at radius 2 is 1.88 bits per heavy atom. The maximum Gasteiger partial charge on any atom is 0.416 e. The highest BCUT2D eigenvalue weighted by atomic mass is 16.6. The lowest BCUT2D eigenvalue weighted by atomic mass is 9.75. The number of rotatable bonds is 5. The van der Waals surface area contributed by atoms with Crippen molar-refractivity contribution < 1.29 is 14.3 Å². The molecule has 2 aliphatic rings. The number of benzene rings is 1. The molecule has 3 heterocycles. The van der Waals surface area contributed by atoms with E-state index >= 15 is 0 Å². The van der Waals surface area contributed by atoms with Crippen molar-refractivity contribution in [3.05, 3.63) is 66.1 Å². The zero-order valence-corrected chi connectivity index (χ0v) is 18.3. The van der Waals surface area contributed by atoms with E-state index in [0.29, 0.717) is 12.3 Å². The smallest absolute Gasteiger partial charge is 0.416 e. The summed E-state index contributed by atoms with van der Waals surface area (Å²) >= 11 is 0. The van der Waals surface area contributed by atoms with Crippen LogP contribution < -0.4 is 0 Å². The van der Waals surface area contributed by atoms with Gasteiger partial charge in [-0.2, -0.15) is 5.10 Å². The van der Waals surface area contributed by atoms with Gasteiger partial charge in [0, 0.05) is 29.8 Å². The minimum Gasteiger partial charge on any atom is -0.447 e. The quantitative estimate of drug-likeness (QED) is 0.603. The van der Waals surface area contributed by atoms with E-state index in [0.717, 1.165) is 36.9 Å². The van der Waals surface area contributed by atoms with E-state index in [1.165, 1.54) is 10.6 Å². The van der Waals surface area contributed by atoms with E-state index in [4.69, 9.17) is 4.74 Å². The van der Waals surface area contributed by atoms with Crippen molar-refractivity contribution in [2.75, 3.05) is 6.61 Å². The number of imide groups is 1. The van der Waals surface area contributed by atoms with E-state index in [1.54, 1.807) is 6.20 Å². The minimum atomic E-state index is -0.505. The fraction of sp³-hybridized carbons (Fsp3) is 0.440. The number of amides is 2.